The summed E-state index contributed by atoms with van der Waals surface area (Å²) in [7, 11) is 0. The fourth-order valence-electron chi connectivity index (χ4n) is 11.2. The summed E-state index contributed by atoms with van der Waals surface area (Å²) >= 11 is 0. The molecule has 2 unspecified atom stereocenters. The highest BCUT2D eigenvalue weighted by Gasteiger charge is 2.55. The van der Waals surface area contributed by atoms with Crippen LogP contribution in [0.3, 0.4) is 0 Å². The Morgan fingerprint density at radius 1 is 0.548 bits per heavy atom. The van der Waals surface area contributed by atoms with E-state index in [1.54, 1.807) is 0 Å². The summed E-state index contributed by atoms with van der Waals surface area (Å²) < 4.78 is 7.68. The summed E-state index contributed by atoms with van der Waals surface area (Å²) in [5.41, 5.74) is 22.5. The molecule has 0 spiro atoms. The summed E-state index contributed by atoms with van der Waals surface area (Å²) in [4.78, 5) is 5.29. The summed E-state index contributed by atoms with van der Waals surface area (Å²) in [6.07, 6.45) is 7.50. The maximum atomic E-state index is 7.68. The number of nitrogens with zero attached hydrogens (tertiary/aromatic N) is 2. The highest BCUT2D eigenvalue weighted by atomic mass is 16.5. The molecule has 0 amide bonds. The van der Waals surface area contributed by atoms with Crippen molar-refractivity contribution >= 4 is 46.1 Å². The van der Waals surface area contributed by atoms with Gasteiger partial charge >= 0.3 is 0 Å². The van der Waals surface area contributed by atoms with Crippen LogP contribution in [0.2, 0.25) is 0 Å². The van der Waals surface area contributed by atoms with Crippen molar-refractivity contribution in [2.45, 2.75) is 165 Å². The van der Waals surface area contributed by atoms with Gasteiger partial charge in [0.2, 0.25) is 0 Å². The van der Waals surface area contributed by atoms with Gasteiger partial charge in [0.1, 0.15) is 6.10 Å². The molecule has 1 saturated carbocycles. The molecule has 3 aliphatic heterocycles. The molecular formula is C58H73BN2O. The molecule has 324 valence electrons. The lowest BCUT2D eigenvalue weighted by molar-refractivity contribution is 0.168. The van der Waals surface area contributed by atoms with Gasteiger partial charge in [-0.2, -0.15) is 0 Å². The third-order valence-electron chi connectivity index (χ3n) is 15.3. The fourth-order valence-corrected chi connectivity index (χ4v) is 11.2. The molecule has 2 atom stereocenters. The normalized spacial score (nSPS) is 21.4. The zero-order valence-corrected chi connectivity index (χ0v) is 41.5. The monoisotopic (exact) mass is 825 g/mol. The van der Waals surface area contributed by atoms with Crippen LogP contribution in [0.1, 0.15) is 157 Å². The molecule has 0 saturated heterocycles. The predicted octanol–water partition coefficient (Wildman–Crippen LogP) is 14.5. The Morgan fingerprint density at radius 3 is 1.56 bits per heavy atom. The molecule has 62 heavy (non-hydrogen) atoms. The molecule has 9 rings (SSSR count). The van der Waals surface area contributed by atoms with Crippen LogP contribution >= 0.6 is 0 Å². The number of hydrogen-bond donors (Lipinski definition) is 0. The molecule has 1 fully saturated rings. The molecule has 5 aliphatic rings. The predicted molar refractivity (Wildman–Crippen MR) is 267 cm³/mol. The second-order valence-electron chi connectivity index (χ2n) is 25.1. The van der Waals surface area contributed by atoms with Crippen LogP contribution in [-0.4, -0.2) is 12.8 Å². The summed E-state index contributed by atoms with van der Waals surface area (Å²) in [6, 6.07) is 26.8. The van der Waals surface area contributed by atoms with Crippen LogP contribution in [0.25, 0.3) is 0 Å². The average Bonchev–Trinajstić information content (AvgIpc) is 3.53. The van der Waals surface area contributed by atoms with Crippen LogP contribution < -0.4 is 20.7 Å². The zero-order chi connectivity index (χ0) is 45.0. The highest BCUT2D eigenvalue weighted by Crippen LogP contribution is 2.58. The lowest BCUT2D eigenvalue weighted by atomic mass is 9.35. The van der Waals surface area contributed by atoms with Gasteiger partial charge in [-0.3, -0.25) is 0 Å². The van der Waals surface area contributed by atoms with E-state index in [0.29, 0.717) is 0 Å². The summed E-state index contributed by atoms with van der Waals surface area (Å²) in [5, 5.41) is 0. The molecule has 2 aliphatic carbocycles. The molecule has 0 aromatic heterocycles. The topological polar surface area (TPSA) is 15.7 Å². The van der Waals surface area contributed by atoms with E-state index < -0.39 is 0 Å². The van der Waals surface area contributed by atoms with Crippen LogP contribution in [0, 0.1) is 30.6 Å². The van der Waals surface area contributed by atoms with Gasteiger partial charge in [-0.05, 0) is 151 Å². The Morgan fingerprint density at radius 2 is 1.03 bits per heavy atom. The van der Waals surface area contributed by atoms with E-state index in [4.69, 9.17) is 4.74 Å². The van der Waals surface area contributed by atoms with Gasteiger partial charge < -0.3 is 14.5 Å². The first-order chi connectivity index (χ1) is 28.6. The first-order valence-electron chi connectivity index (χ1n) is 23.6. The van der Waals surface area contributed by atoms with E-state index in [0.717, 1.165) is 5.66 Å². The first-order valence-corrected chi connectivity index (χ1v) is 23.6. The van der Waals surface area contributed by atoms with Gasteiger partial charge in [0.25, 0.3) is 6.71 Å². The van der Waals surface area contributed by atoms with E-state index in [1.165, 1.54) is 102 Å². The molecule has 4 aromatic carbocycles. The molecule has 0 radical (unpaired) electrons. The SMILES string of the molecule is Cc1cc(C(C)(C)C)cc(C)c1N1c2ccc(C(C)(C)C)cc2B2C3=C(C4C=C5C(=CC4O3)C(C)(C)CCC5(C)C)N(c3ccc(C(C)(C)C)cc3)c3cc(C(C)(C)C)cc1c32. The lowest BCUT2D eigenvalue weighted by Crippen LogP contribution is -2.56. The minimum Gasteiger partial charge on any atom is -0.497 e. The molecular weight excluding hydrogens is 751 g/mol. The maximum absolute atomic E-state index is 7.68. The Bertz CT molecular complexity index is 2600. The number of aryl methyl sites for hydroxylation is 2. The van der Waals surface area contributed by atoms with Gasteiger partial charge in [0.15, 0.2) is 0 Å². The second-order valence-corrected chi connectivity index (χ2v) is 25.1. The molecule has 3 nitrogen and oxygen atoms in total. The van der Waals surface area contributed by atoms with Crippen molar-refractivity contribution in [3.63, 3.8) is 0 Å². The van der Waals surface area contributed by atoms with E-state index in [1.807, 2.05) is 0 Å². The van der Waals surface area contributed by atoms with E-state index in [2.05, 4.69) is 213 Å². The molecule has 0 N–H and O–H groups in total. The average molecular weight is 825 g/mol. The van der Waals surface area contributed by atoms with Crippen molar-refractivity contribution in [2.24, 2.45) is 16.7 Å². The van der Waals surface area contributed by atoms with Crippen molar-refractivity contribution in [3.05, 3.63) is 135 Å². The zero-order valence-electron chi connectivity index (χ0n) is 41.5. The number of benzene rings is 4. The molecule has 3 heterocycles. The summed E-state index contributed by atoms with van der Waals surface area (Å²) in [6.45, 7) is 42.5. The number of hydrogen-bond acceptors (Lipinski definition) is 3. The minimum atomic E-state index is -0.101. The number of ether oxygens (including phenoxy) is 1. The van der Waals surface area contributed by atoms with Crippen LogP contribution in [-0.2, 0) is 26.4 Å². The standard InChI is InChI=1S/C58H73BN2O/c1-34-27-38(55(9,10)11)28-35(2)50(34)61-45-24-21-37(54(6,7)8)29-44(45)59-49-46(30-39(31-47(49)61)56(12,13)14)60(40-22-19-36(20-23-40)53(3,4)5)51-41-32-42-43(33-48(41)62-52(51)59)58(17,18)26-25-57(42,15)16/h19-24,27-33,41,48H,25-26H2,1-18H3. The van der Waals surface area contributed by atoms with E-state index >= 15 is 0 Å². The van der Waals surface area contributed by atoms with Crippen molar-refractivity contribution in [1.29, 1.82) is 0 Å². The lowest BCUT2D eigenvalue weighted by Gasteiger charge is -2.47. The highest BCUT2D eigenvalue weighted by molar-refractivity contribution is 6.94. The summed E-state index contributed by atoms with van der Waals surface area (Å²) in [5.74, 6) is 0.0795. The van der Waals surface area contributed by atoms with Gasteiger partial charge in [0, 0.05) is 22.7 Å². The van der Waals surface area contributed by atoms with Crippen LogP contribution in [0.15, 0.2) is 101 Å². The Kier molecular flexibility index (Phi) is 9.36. The number of allylic oxidation sites excluding steroid dienone is 2. The smallest absolute Gasteiger partial charge is 0.296 e. The maximum Gasteiger partial charge on any atom is 0.296 e. The first kappa shape index (κ1) is 42.8. The third-order valence-corrected chi connectivity index (χ3v) is 15.3. The third kappa shape index (κ3) is 6.66. The Balaban J connectivity index is 1.40. The minimum absolute atomic E-state index is 0.0296. The van der Waals surface area contributed by atoms with Crippen molar-refractivity contribution in [3.8, 4) is 0 Å². The largest absolute Gasteiger partial charge is 0.497 e. The van der Waals surface area contributed by atoms with Crippen molar-refractivity contribution < 1.29 is 4.74 Å². The quantitative estimate of drug-likeness (QED) is 0.187. The van der Waals surface area contributed by atoms with E-state index in [9.17, 15) is 0 Å². The van der Waals surface area contributed by atoms with Gasteiger partial charge in [0.05, 0.1) is 23.0 Å². The fraction of sp³-hybridized carbons (Fsp3) is 0.483. The number of rotatable bonds is 2. The van der Waals surface area contributed by atoms with Crippen LogP contribution in [0.4, 0.5) is 28.4 Å². The second kappa shape index (κ2) is 13.5. The Labute approximate surface area is 375 Å². The number of fused-ring (bicyclic) bond motifs is 6. The van der Waals surface area contributed by atoms with Crippen molar-refractivity contribution in [2.75, 3.05) is 9.80 Å². The van der Waals surface area contributed by atoms with E-state index in [-0.39, 0.29) is 51.2 Å². The molecule has 0 bridgehead atoms. The van der Waals surface area contributed by atoms with Gasteiger partial charge in [-0.25, -0.2) is 0 Å². The molecule has 4 aromatic rings. The van der Waals surface area contributed by atoms with Gasteiger partial charge in [-0.15, -0.1) is 0 Å². The van der Waals surface area contributed by atoms with Gasteiger partial charge in [-0.1, -0.05) is 153 Å². The number of anilines is 5. The van der Waals surface area contributed by atoms with Crippen molar-refractivity contribution in [1.82, 2.24) is 0 Å². The van der Waals surface area contributed by atoms with Crippen LogP contribution in [0.5, 0.6) is 0 Å². The molecule has 4 heteroatoms. The Hall–Kier alpha value is -4.44.